The van der Waals surface area contributed by atoms with Gasteiger partial charge in [-0.15, -0.1) is 0 Å². The predicted molar refractivity (Wildman–Crippen MR) is 101 cm³/mol. The Morgan fingerprint density at radius 3 is 2.36 bits per heavy atom. The van der Waals surface area contributed by atoms with E-state index in [0.29, 0.717) is 17.6 Å². The summed E-state index contributed by atoms with van der Waals surface area (Å²) in [6.07, 6.45) is 0.103. The maximum absolute atomic E-state index is 13.9. The van der Waals surface area contributed by atoms with Gasteiger partial charge in [-0.3, -0.25) is 9.59 Å². The Morgan fingerprint density at radius 1 is 1.04 bits per heavy atom. The second kappa shape index (κ2) is 9.68. The number of ether oxygens (including phenoxy) is 2. The lowest BCUT2D eigenvalue weighted by molar-refractivity contribution is -0.121. The molecule has 0 saturated carbocycles. The van der Waals surface area contributed by atoms with Crippen LogP contribution < -0.4 is 19.7 Å². The second-order valence-corrected chi connectivity index (χ2v) is 5.98. The van der Waals surface area contributed by atoms with Crippen molar-refractivity contribution in [3.05, 3.63) is 53.6 Å². The number of hydrogen-bond acceptors (Lipinski definition) is 4. The first-order valence-corrected chi connectivity index (χ1v) is 8.56. The van der Waals surface area contributed by atoms with Crippen LogP contribution in [0.5, 0.6) is 11.5 Å². The highest BCUT2D eigenvalue weighted by Gasteiger charge is 2.16. The van der Waals surface area contributed by atoms with Crippen molar-refractivity contribution in [3.63, 3.8) is 0 Å². The molecule has 28 heavy (non-hydrogen) atoms. The van der Waals surface area contributed by atoms with Crippen molar-refractivity contribution in [1.82, 2.24) is 5.32 Å². The number of halogens is 2. The molecule has 2 aromatic rings. The Kier molecular flexibility index (Phi) is 7.31. The highest BCUT2D eigenvalue weighted by Crippen LogP contribution is 2.27. The Balaban J connectivity index is 1.95. The lowest BCUT2D eigenvalue weighted by atomic mass is 10.1. The van der Waals surface area contributed by atoms with Crippen molar-refractivity contribution in [1.29, 1.82) is 0 Å². The average Bonchev–Trinajstić information content (AvgIpc) is 2.65. The normalized spacial score (nSPS) is 10.3. The fraction of sp³-hybridized carbons (Fsp3) is 0.300. The van der Waals surface area contributed by atoms with E-state index in [1.807, 2.05) is 0 Å². The third-order valence-electron chi connectivity index (χ3n) is 4.05. The van der Waals surface area contributed by atoms with E-state index in [2.05, 4.69) is 5.32 Å². The maximum atomic E-state index is 13.9. The van der Waals surface area contributed by atoms with Crippen molar-refractivity contribution in [2.45, 2.75) is 13.3 Å². The number of amides is 2. The molecule has 0 saturated heterocycles. The largest absolute Gasteiger partial charge is 0.493 e. The lowest BCUT2D eigenvalue weighted by Gasteiger charge is -2.22. The van der Waals surface area contributed by atoms with Gasteiger partial charge < -0.3 is 19.7 Å². The summed E-state index contributed by atoms with van der Waals surface area (Å²) in [7, 11) is 3.03. The number of hydrogen-bond donors (Lipinski definition) is 1. The molecule has 8 heteroatoms. The average molecular weight is 392 g/mol. The maximum Gasteiger partial charge on any atom is 0.224 e. The van der Waals surface area contributed by atoms with E-state index < -0.39 is 17.5 Å². The molecule has 0 atom stereocenters. The number of benzene rings is 2. The van der Waals surface area contributed by atoms with Gasteiger partial charge in [-0.25, -0.2) is 8.78 Å². The van der Waals surface area contributed by atoms with Crippen molar-refractivity contribution in [3.8, 4) is 11.5 Å². The van der Waals surface area contributed by atoms with E-state index in [9.17, 15) is 18.4 Å². The van der Waals surface area contributed by atoms with Gasteiger partial charge in [0, 0.05) is 26.1 Å². The molecule has 0 aliphatic carbocycles. The minimum atomic E-state index is -0.841. The van der Waals surface area contributed by atoms with E-state index in [1.165, 1.54) is 27.2 Å². The first-order valence-electron chi connectivity index (χ1n) is 8.56. The van der Waals surface area contributed by atoms with E-state index in [1.54, 1.807) is 18.2 Å². The fourth-order valence-corrected chi connectivity index (χ4v) is 2.69. The zero-order valence-corrected chi connectivity index (χ0v) is 15.9. The molecular weight excluding hydrogens is 370 g/mol. The molecule has 2 rings (SSSR count). The summed E-state index contributed by atoms with van der Waals surface area (Å²) >= 11 is 0. The molecular formula is C20H22F2N2O4. The third kappa shape index (κ3) is 5.42. The lowest BCUT2D eigenvalue weighted by Crippen LogP contribution is -2.38. The van der Waals surface area contributed by atoms with E-state index in [4.69, 9.17) is 9.47 Å². The van der Waals surface area contributed by atoms with Gasteiger partial charge in [0.15, 0.2) is 11.5 Å². The molecule has 0 fully saturated rings. The van der Waals surface area contributed by atoms with Crippen LogP contribution in [-0.2, 0) is 16.0 Å². The van der Waals surface area contributed by atoms with E-state index in [-0.39, 0.29) is 31.1 Å². The molecule has 6 nitrogen and oxygen atoms in total. The highest BCUT2D eigenvalue weighted by atomic mass is 19.1. The van der Waals surface area contributed by atoms with Crippen molar-refractivity contribution in [2.24, 2.45) is 0 Å². The van der Waals surface area contributed by atoms with Crippen LogP contribution in [0.3, 0.4) is 0 Å². The zero-order valence-electron chi connectivity index (χ0n) is 15.9. The molecule has 1 N–H and O–H groups in total. The summed E-state index contributed by atoms with van der Waals surface area (Å²) < 4.78 is 37.3. The van der Waals surface area contributed by atoms with Crippen LogP contribution in [0.25, 0.3) is 0 Å². The predicted octanol–water partition coefficient (Wildman–Crippen LogP) is 2.69. The van der Waals surface area contributed by atoms with Crippen LogP contribution in [0, 0.1) is 11.6 Å². The molecule has 0 radical (unpaired) electrons. The molecule has 150 valence electrons. The van der Waals surface area contributed by atoms with Crippen LogP contribution in [0.4, 0.5) is 14.5 Å². The smallest absolute Gasteiger partial charge is 0.224 e. The van der Waals surface area contributed by atoms with Crippen LogP contribution in [-0.4, -0.2) is 39.1 Å². The second-order valence-electron chi connectivity index (χ2n) is 5.98. The number of methoxy groups -OCH3 is 2. The van der Waals surface area contributed by atoms with Gasteiger partial charge in [0.05, 0.1) is 26.3 Å². The molecule has 0 heterocycles. The molecule has 2 amide bonds. The summed E-state index contributed by atoms with van der Waals surface area (Å²) in [6, 6.07) is 8.13. The molecule has 0 aliphatic heterocycles. The first kappa shape index (κ1) is 21.1. The molecule has 0 aromatic heterocycles. The van der Waals surface area contributed by atoms with Crippen molar-refractivity contribution >= 4 is 17.5 Å². The minimum absolute atomic E-state index is 0.0389. The Bertz CT molecular complexity index is 858. The standard InChI is InChI=1S/C20H22F2N2O4/c1-13(25)24(17-6-5-15(21)12-16(17)22)9-8-23-20(26)11-14-4-7-18(27-2)19(10-14)28-3/h4-7,10,12H,8-9,11H2,1-3H3,(H,23,26). The van der Waals surface area contributed by atoms with Crippen molar-refractivity contribution in [2.75, 3.05) is 32.2 Å². The molecule has 0 spiro atoms. The Labute approximate surface area is 162 Å². The number of carbonyl (C=O) groups is 2. The molecule has 0 aliphatic rings. The van der Waals surface area contributed by atoms with Crippen LogP contribution in [0.15, 0.2) is 36.4 Å². The highest BCUT2D eigenvalue weighted by molar-refractivity contribution is 5.91. The van der Waals surface area contributed by atoms with E-state index in [0.717, 1.165) is 16.5 Å². The van der Waals surface area contributed by atoms with Crippen molar-refractivity contribution < 1.29 is 27.8 Å². The van der Waals surface area contributed by atoms with Gasteiger partial charge in [-0.2, -0.15) is 0 Å². The molecule has 2 aromatic carbocycles. The monoisotopic (exact) mass is 392 g/mol. The van der Waals surface area contributed by atoms with Gasteiger partial charge >= 0.3 is 0 Å². The summed E-state index contributed by atoms with van der Waals surface area (Å²) in [5.41, 5.74) is 0.686. The third-order valence-corrected chi connectivity index (χ3v) is 4.05. The van der Waals surface area contributed by atoms with Gasteiger partial charge in [-0.05, 0) is 29.8 Å². The number of nitrogens with one attached hydrogen (secondary N) is 1. The SMILES string of the molecule is COc1ccc(CC(=O)NCCN(C(C)=O)c2ccc(F)cc2F)cc1OC. The van der Waals surface area contributed by atoms with Crippen LogP contribution in [0.1, 0.15) is 12.5 Å². The summed E-state index contributed by atoms with van der Waals surface area (Å²) in [5, 5.41) is 2.68. The summed E-state index contributed by atoms with van der Waals surface area (Å²) in [5.74, 6) is -1.18. The Morgan fingerprint density at radius 2 is 1.75 bits per heavy atom. The van der Waals surface area contributed by atoms with Crippen LogP contribution in [0.2, 0.25) is 0 Å². The summed E-state index contributed by atoms with van der Waals surface area (Å²) in [4.78, 5) is 25.1. The zero-order chi connectivity index (χ0) is 20.7. The summed E-state index contributed by atoms with van der Waals surface area (Å²) in [6.45, 7) is 1.44. The number of nitrogens with zero attached hydrogens (tertiary/aromatic N) is 1. The minimum Gasteiger partial charge on any atom is -0.493 e. The first-order chi connectivity index (χ1) is 13.3. The Hall–Kier alpha value is -3.16. The number of carbonyl (C=O) groups excluding carboxylic acids is 2. The van der Waals surface area contributed by atoms with Gasteiger partial charge in [-0.1, -0.05) is 6.07 Å². The number of anilines is 1. The van der Waals surface area contributed by atoms with Crippen LogP contribution >= 0.6 is 0 Å². The van der Waals surface area contributed by atoms with Gasteiger partial charge in [0.1, 0.15) is 11.6 Å². The molecule has 0 bridgehead atoms. The quantitative estimate of drug-likeness (QED) is 0.750. The fourth-order valence-electron chi connectivity index (χ4n) is 2.69. The molecule has 0 unspecified atom stereocenters. The van der Waals surface area contributed by atoms with Gasteiger partial charge in [0.25, 0.3) is 0 Å². The topological polar surface area (TPSA) is 67.9 Å². The number of rotatable bonds is 8. The van der Waals surface area contributed by atoms with Gasteiger partial charge in [0.2, 0.25) is 11.8 Å². The van der Waals surface area contributed by atoms with E-state index >= 15 is 0 Å².